The van der Waals surface area contributed by atoms with Gasteiger partial charge in [0.15, 0.2) is 0 Å². The lowest BCUT2D eigenvalue weighted by Crippen LogP contribution is -2.32. The molecular formula is C20H18N2O3. The van der Waals surface area contributed by atoms with Crippen LogP contribution in [0.4, 0.5) is 0 Å². The van der Waals surface area contributed by atoms with Crippen molar-refractivity contribution in [2.24, 2.45) is 0 Å². The number of nitrogens with one attached hydrogen (secondary N) is 1. The summed E-state index contributed by atoms with van der Waals surface area (Å²) in [4.78, 5) is 12.9. The largest absolute Gasteiger partial charge is 0.493 e. The van der Waals surface area contributed by atoms with E-state index in [1.807, 2.05) is 54.6 Å². The molecule has 3 aromatic rings. The molecule has 0 saturated heterocycles. The molecule has 1 N–H and O–H groups in total. The SMILES string of the molecule is Cc1onc(-c2ccccc2)c1C(=O)N[C@@H]1CCOc2ccccc21. The Bertz CT molecular complexity index is 902. The number of fused-ring (bicyclic) bond motifs is 1. The van der Waals surface area contributed by atoms with Crippen LogP contribution in [-0.2, 0) is 0 Å². The molecule has 2 aromatic carbocycles. The molecule has 1 atom stereocenters. The fourth-order valence-corrected chi connectivity index (χ4v) is 3.16. The Morgan fingerprint density at radius 3 is 2.72 bits per heavy atom. The van der Waals surface area contributed by atoms with Crippen molar-refractivity contribution >= 4 is 5.91 Å². The zero-order valence-corrected chi connectivity index (χ0v) is 13.9. The zero-order valence-electron chi connectivity index (χ0n) is 13.9. The summed E-state index contributed by atoms with van der Waals surface area (Å²) in [5, 5.41) is 7.19. The highest BCUT2D eigenvalue weighted by molar-refractivity contribution is 6.01. The topological polar surface area (TPSA) is 64.4 Å². The fraction of sp³-hybridized carbons (Fsp3) is 0.200. The minimum Gasteiger partial charge on any atom is -0.493 e. The maximum absolute atomic E-state index is 12.9. The van der Waals surface area contributed by atoms with Crippen molar-refractivity contribution in [3.63, 3.8) is 0 Å². The van der Waals surface area contributed by atoms with Crippen molar-refractivity contribution in [3.05, 3.63) is 71.5 Å². The van der Waals surface area contributed by atoms with E-state index in [9.17, 15) is 4.79 Å². The number of ether oxygens (including phenoxy) is 1. The van der Waals surface area contributed by atoms with Crippen molar-refractivity contribution in [2.75, 3.05) is 6.61 Å². The molecule has 0 saturated carbocycles. The van der Waals surface area contributed by atoms with E-state index < -0.39 is 0 Å². The lowest BCUT2D eigenvalue weighted by molar-refractivity contribution is 0.0924. The van der Waals surface area contributed by atoms with Gasteiger partial charge in [0.2, 0.25) is 0 Å². The summed E-state index contributed by atoms with van der Waals surface area (Å²) in [5.74, 6) is 1.15. The lowest BCUT2D eigenvalue weighted by Gasteiger charge is -2.26. The number of hydrogen-bond acceptors (Lipinski definition) is 4. The fourth-order valence-electron chi connectivity index (χ4n) is 3.16. The van der Waals surface area contributed by atoms with Gasteiger partial charge in [0, 0.05) is 17.5 Å². The van der Waals surface area contributed by atoms with E-state index >= 15 is 0 Å². The molecule has 126 valence electrons. The van der Waals surface area contributed by atoms with Crippen LogP contribution in [-0.4, -0.2) is 17.7 Å². The van der Waals surface area contributed by atoms with E-state index in [1.165, 1.54) is 0 Å². The van der Waals surface area contributed by atoms with Gasteiger partial charge in [-0.3, -0.25) is 4.79 Å². The summed E-state index contributed by atoms with van der Waals surface area (Å²) >= 11 is 0. The highest BCUT2D eigenvalue weighted by Gasteiger charge is 2.27. The van der Waals surface area contributed by atoms with Gasteiger partial charge >= 0.3 is 0 Å². The first-order valence-corrected chi connectivity index (χ1v) is 8.28. The van der Waals surface area contributed by atoms with E-state index in [0.717, 1.165) is 23.3 Å². The van der Waals surface area contributed by atoms with E-state index in [-0.39, 0.29) is 11.9 Å². The molecule has 0 bridgehead atoms. The average Bonchev–Trinajstić information content (AvgIpc) is 3.04. The second-order valence-electron chi connectivity index (χ2n) is 6.03. The number of carbonyl (C=O) groups excluding carboxylic acids is 1. The van der Waals surface area contributed by atoms with Gasteiger partial charge in [0.05, 0.1) is 12.6 Å². The summed E-state index contributed by atoms with van der Waals surface area (Å²) in [6.45, 7) is 2.34. The number of para-hydroxylation sites is 1. The Balaban J connectivity index is 1.64. The molecule has 0 fully saturated rings. The molecule has 0 spiro atoms. The smallest absolute Gasteiger partial charge is 0.257 e. The van der Waals surface area contributed by atoms with Crippen molar-refractivity contribution in [3.8, 4) is 17.0 Å². The lowest BCUT2D eigenvalue weighted by atomic mass is 9.99. The number of benzene rings is 2. The number of hydrogen-bond donors (Lipinski definition) is 1. The third-order valence-electron chi connectivity index (χ3n) is 4.40. The summed E-state index contributed by atoms with van der Waals surface area (Å²) in [6, 6.07) is 17.3. The van der Waals surface area contributed by atoms with Crippen molar-refractivity contribution in [2.45, 2.75) is 19.4 Å². The molecular weight excluding hydrogens is 316 g/mol. The average molecular weight is 334 g/mol. The highest BCUT2D eigenvalue weighted by Crippen LogP contribution is 2.32. The Morgan fingerprint density at radius 2 is 1.88 bits per heavy atom. The second kappa shape index (κ2) is 6.43. The van der Waals surface area contributed by atoms with Crippen LogP contribution in [0.25, 0.3) is 11.3 Å². The molecule has 0 radical (unpaired) electrons. The second-order valence-corrected chi connectivity index (χ2v) is 6.03. The minimum absolute atomic E-state index is 0.0876. The normalized spacial score (nSPS) is 16.0. The predicted octanol–water partition coefficient (Wildman–Crippen LogP) is 3.90. The number of rotatable bonds is 3. The van der Waals surface area contributed by atoms with Gasteiger partial charge in [0.25, 0.3) is 5.91 Å². The summed E-state index contributed by atoms with van der Waals surface area (Å²) in [6.07, 6.45) is 0.730. The maximum atomic E-state index is 12.9. The van der Waals surface area contributed by atoms with E-state index in [2.05, 4.69) is 10.5 Å². The standard InChI is InChI=1S/C20H18N2O3/c1-13-18(19(22-25-13)14-7-3-2-4-8-14)20(23)21-16-11-12-24-17-10-6-5-9-15(16)17/h2-10,16H,11-12H2,1H3,(H,21,23)/t16-/m1/s1. The Morgan fingerprint density at radius 1 is 1.12 bits per heavy atom. The van der Waals surface area contributed by atoms with Crippen molar-refractivity contribution < 1.29 is 14.1 Å². The molecule has 1 amide bonds. The quantitative estimate of drug-likeness (QED) is 0.789. The first-order chi connectivity index (χ1) is 12.2. The van der Waals surface area contributed by atoms with Gasteiger partial charge in [0.1, 0.15) is 22.8 Å². The number of aromatic nitrogens is 1. The van der Waals surface area contributed by atoms with Crippen LogP contribution in [0.1, 0.15) is 34.1 Å². The third-order valence-corrected chi connectivity index (χ3v) is 4.40. The molecule has 2 heterocycles. The number of nitrogens with zero attached hydrogens (tertiary/aromatic N) is 1. The molecule has 0 unspecified atom stereocenters. The molecule has 1 aliphatic heterocycles. The van der Waals surface area contributed by atoms with Gasteiger partial charge in [-0.15, -0.1) is 0 Å². The molecule has 25 heavy (non-hydrogen) atoms. The van der Waals surface area contributed by atoms with Crippen molar-refractivity contribution in [1.82, 2.24) is 10.5 Å². The van der Waals surface area contributed by atoms with Crippen LogP contribution in [0.2, 0.25) is 0 Å². The van der Waals surface area contributed by atoms with E-state index in [4.69, 9.17) is 9.26 Å². The summed E-state index contributed by atoms with van der Waals surface area (Å²) in [5.41, 5.74) is 2.90. The van der Waals surface area contributed by atoms with Crippen molar-refractivity contribution in [1.29, 1.82) is 0 Å². The maximum Gasteiger partial charge on any atom is 0.257 e. The Labute approximate surface area is 145 Å². The molecule has 5 heteroatoms. The third kappa shape index (κ3) is 2.89. The molecule has 0 aliphatic carbocycles. The number of carbonyl (C=O) groups is 1. The summed E-state index contributed by atoms with van der Waals surface area (Å²) < 4.78 is 11.0. The monoisotopic (exact) mass is 334 g/mol. The zero-order chi connectivity index (χ0) is 17.2. The first kappa shape index (κ1) is 15.4. The Hall–Kier alpha value is -3.08. The molecule has 5 nitrogen and oxygen atoms in total. The molecule has 4 rings (SSSR count). The first-order valence-electron chi connectivity index (χ1n) is 8.28. The van der Waals surface area contributed by atoms with Gasteiger partial charge in [-0.1, -0.05) is 53.7 Å². The van der Waals surface area contributed by atoms with Crippen LogP contribution in [0.3, 0.4) is 0 Å². The highest BCUT2D eigenvalue weighted by atomic mass is 16.5. The van der Waals surface area contributed by atoms with E-state index in [1.54, 1.807) is 6.92 Å². The van der Waals surface area contributed by atoms with Crippen LogP contribution in [0, 0.1) is 6.92 Å². The number of aryl methyl sites for hydroxylation is 1. The van der Waals surface area contributed by atoms with Crippen LogP contribution in [0.5, 0.6) is 5.75 Å². The Kier molecular flexibility index (Phi) is 3.98. The minimum atomic E-state index is -0.181. The van der Waals surface area contributed by atoms with Crippen LogP contribution >= 0.6 is 0 Å². The van der Waals surface area contributed by atoms with Crippen LogP contribution in [0.15, 0.2) is 59.1 Å². The van der Waals surface area contributed by atoms with E-state index in [0.29, 0.717) is 23.6 Å². The van der Waals surface area contributed by atoms with Gasteiger partial charge < -0.3 is 14.6 Å². The van der Waals surface area contributed by atoms with Gasteiger partial charge in [-0.25, -0.2) is 0 Å². The predicted molar refractivity (Wildman–Crippen MR) is 93.4 cm³/mol. The van der Waals surface area contributed by atoms with Gasteiger partial charge in [-0.05, 0) is 13.0 Å². The summed E-state index contributed by atoms with van der Waals surface area (Å²) in [7, 11) is 0. The number of amides is 1. The van der Waals surface area contributed by atoms with Crippen LogP contribution < -0.4 is 10.1 Å². The molecule has 1 aromatic heterocycles. The van der Waals surface area contributed by atoms with Gasteiger partial charge in [-0.2, -0.15) is 0 Å². The molecule has 1 aliphatic rings.